The molecule has 0 aliphatic rings. The molecule has 0 amide bonds. The topological polar surface area (TPSA) is 3.24 Å². The smallest absolute Gasteiger partial charge is 0.0227 e. The molecule has 0 saturated heterocycles. The van der Waals surface area contributed by atoms with Crippen molar-refractivity contribution >= 4 is 0 Å². The number of benzene rings is 1. The maximum Gasteiger partial charge on any atom is 0.0227 e. The normalized spacial score (nSPS) is 10.4. The van der Waals surface area contributed by atoms with Crippen LogP contribution in [-0.2, 0) is 13.0 Å². The van der Waals surface area contributed by atoms with Crippen molar-refractivity contribution in [2.75, 3.05) is 14.1 Å². The van der Waals surface area contributed by atoms with Crippen LogP contribution in [0.1, 0.15) is 11.1 Å². The maximum atomic E-state index is 3.72. The van der Waals surface area contributed by atoms with Gasteiger partial charge in [-0.25, -0.2) is 0 Å². The van der Waals surface area contributed by atoms with Gasteiger partial charge in [-0.15, -0.1) is 6.58 Å². The Hall–Kier alpha value is -1.08. The van der Waals surface area contributed by atoms with Crippen LogP contribution in [0.4, 0.5) is 0 Å². The minimum atomic E-state index is 0.961. The highest BCUT2D eigenvalue weighted by Crippen LogP contribution is 2.06. The zero-order valence-electron chi connectivity index (χ0n) is 8.46. The summed E-state index contributed by atoms with van der Waals surface area (Å²) < 4.78 is 0. The molecule has 70 valence electrons. The van der Waals surface area contributed by atoms with E-state index in [0.717, 1.165) is 13.0 Å². The van der Waals surface area contributed by atoms with Crippen molar-refractivity contribution in [1.29, 1.82) is 0 Å². The molecule has 1 aromatic rings. The third-order valence-electron chi connectivity index (χ3n) is 1.90. The van der Waals surface area contributed by atoms with E-state index in [4.69, 9.17) is 0 Å². The summed E-state index contributed by atoms with van der Waals surface area (Å²) in [7, 11) is 4.16. The fraction of sp³-hybridized carbons (Fsp3) is 0.333. The first-order valence-electron chi connectivity index (χ1n) is 4.56. The van der Waals surface area contributed by atoms with E-state index in [0.29, 0.717) is 0 Å². The molecule has 0 spiro atoms. The fourth-order valence-corrected chi connectivity index (χ4v) is 1.31. The second-order valence-electron chi connectivity index (χ2n) is 3.55. The lowest BCUT2D eigenvalue weighted by Gasteiger charge is -2.09. The Balaban J connectivity index is 2.63. The van der Waals surface area contributed by atoms with Gasteiger partial charge in [0.1, 0.15) is 0 Å². The third-order valence-corrected chi connectivity index (χ3v) is 1.90. The molecule has 13 heavy (non-hydrogen) atoms. The van der Waals surface area contributed by atoms with Crippen LogP contribution in [0.25, 0.3) is 0 Å². The Morgan fingerprint density at radius 1 is 1.15 bits per heavy atom. The molecule has 0 heterocycles. The van der Waals surface area contributed by atoms with Gasteiger partial charge in [-0.3, -0.25) is 0 Å². The van der Waals surface area contributed by atoms with E-state index in [1.807, 2.05) is 6.08 Å². The van der Waals surface area contributed by atoms with Crippen molar-refractivity contribution in [2.24, 2.45) is 0 Å². The van der Waals surface area contributed by atoms with Crippen LogP contribution in [0.5, 0.6) is 0 Å². The molecular formula is C12H17N. The molecule has 1 heteroatoms. The lowest BCUT2D eigenvalue weighted by Crippen LogP contribution is -2.10. The van der Waals surface area contributed by atoms with Crippen LogP contribution in [0.3, 0.4) is 0 Å². The van der Waals surface area contributed by atoms with E-state index in [-0.39, 0.29) is 0 Å². The fourth-order valence-electron chi connectivity index (χ4n) is 1.31. The SMILES string of the molecule is C=CCc1ccc(CN(C)C)cc1. The van der Waals surface area contributed by atoms with Gasteiger partial charge < -0.3 is 4.90 Å². The lowest BCUT2D eigenvalue weighted by molar-refractivity contribution is 0.402. The van der Waals surface area contributed by atoms with Gasteiger partial charge in [0.2, 0.25) is 0 Å². The number of rotatable bonds is 4. The first-order valence-corrected chi connectivity index (χ1v) is 4.56. The second kappa shape index (κ2) is 4.83. The summed E-state index contributed by atoms with van der Waals surface area (Å²) in [6.45, 7) is 4.73. The zero-order chi connectivity index (χ0) is 9.68. The van der Waals surface area contributed by atoms with Gasteiger partial charge in [-0.1, -0.05) is 30.3 Å². The average Bonchev–Trinajstić information content (AvgIpc) is 2.08. The molecule has 0 aromatic heterocycles. The van der Waals surface area contributed by atoms with Crippen LogP contribution >= 0.6 is 0 Å². The predicted molar refractivity (Wildman–Crippen MR) is 57.7 cm³/mol. The second-order valence-corrected chi connectivity index (χ2v) is 3.55. The van der Waals surface area contributed by atoms with Crippen molar-refractivity contribution in [3.05, 3.63) is 48.0 Å². The molecule has 0 atom stereocenters. The van der Waals surface area contributed by atoms with Gasteiger partial charge in [-0.05, 0) is 31.6 Å². The molecule has 0 fully saturated rings. The largest absolute Gasteiger partial charge is 0.305 e. The van der Waals surface area contributed by atoms with Crippen molar-refractivity contribution in [2.45, 2.75) is 13.0 Å². The molecule has 0 radical (unpaired) electrons. The van der Waals surface area contributed by atoms with E-state index in [2.05, 4.69) is 49.8 Å². The van der Waals surface area contributed by atoms with Crippen molar-refractivity contribution < 1.29 is 0 Å². The Kier molecular flexibility index (Phi) is 3.71. The van der Waals surface area contributed by atoms with Gasteiger partial charge >= 0.3 is 0 Å². The van der Waals surface area contributed by atoms with Gasteiger partial charge in [-0.2, -0.15) is 0 Å². The first kappa shape index (κ1) is 10.0. The van der Waals surface area contributed by atoms with E-state index in [1.54, 1.807) is 0 Å². The highest BCUT2D eigenvalue weighted by molar-refractivity contribution is 5.23. The van der Waals surface area contributed by atoms with E-state index in [1.165, 1.54) is 11.1 Å². The van der Waals surface area contributed by atoms with E-state index >= 15 is 0 Å². The van der Waals surface area contributed by atoms with Gasteiger partial charge in [0.25, 0.3) is 0 Å². The van der Waals surface area contributed by atoms with E-state index < -0.39 is 0 Å². The van der Waals surface area contributed by atoms with Crippen LogP contribution in [-0.4, -0.2) is 19.0 Å². The summed E-state index contributed by atoms with van der Waals surface area (Å²) in [5.41, 5.74) is 2.69. The predicted octanol–water partition coefficient (Wildman–Crippen LogP) is 2.48. The van der Waals surface area contributed by atoms with Crippen molar-refractivity contribution in [3.8, 4) is 0 Å². The quantitative estimate of drug-likeness (QED) is 0.635. The van der Waals surface area contributed by atoms with Crippen LogP contribution in [0, 0.1) is 0 Å². The van der Waals surface area contributed by atoms with Crippen LogP contribution in [0.15, 0.2) is 36.9 Å². The standard InChI is InChI=1S/C12H17N/c1-4-5-11-6-8-12(9-7-11)10-13(2)3/h4,6-9H,1,5,10H2,2-3H3. The summed E-state index contributed by atoms with van der Waals surface area (Å²) in [5, 5.41) is 0. The molecule has 1 rings (SSSR count). The Morgan fingerprint density at radius 2 is 1.69 bits per heavy atom. The van der Waals surface area contributed by atoms with Gasteiger partial charge in [0.05, 0.1) is 0 Å². The number of allylic oxidation sites excluding steroid dienone is 1. The van der Waals surface area contributed by atoms with E-state index in [9.17, 15) is 0 Å². The molecule has 0 bridgehead atoms. The molecule has 1 aromatic carbocycles. The highest BCUT2D eigenvalue weighted by Gasteiger charge is 1.94. The minimum Gasteiger partial charge on any atom is -0.305 e. The first-order chi connectivity index (χ1) is 6.22. The summed E-state index contributed by atoms with van der Waals surface area (Å²) in [5.74, 6) is 0. The minimum absolute atomic E-state index is 0.961. The summed E-state index contributed by atoms with van der Waals surface area (Å²) >= 11 is 0. The van der Waals surface area contributed by atoms with Gasteiger partial charge in [0, 0.05) is 6.54 Å². The number of hydrogen-bond acceptors (Lipinski definition) is 1. The lowest BCUT2D eigenvalue weighted by atomic mass is 10.1. The van der Waals surface area contributed by atoms with Crippen LogP contribution < -0.4 is 0 Å². The van der Waals surface area contributed by atoms with Crippen LogP contribution in [0.2, 0.25) is 0 Å². The average molecular weight is 175 g/mol. The highest BCUT2D eigenvalue weighted by atomic mass is 15.0. The molecule has 0 aliphatic heterocycles. The molecule has 0 aliphatic carbocycles. The maximum absolute atomic E-state index is 3.72. The van der Waals surface area contributed by atoms with Crippen molar-refractivity contribution in [1.82, 2.24) is 4.90 Å². The van der Waals surface area contributed by atoms with Crippen molar-refractivity contribution in [3.63, 3.8) is 0 Å². The molecule has 0 saturated carbocycles. The summed E-state index contributed by atoms with van der Waals surface area (Å²) in [6, 6.07) is 8.69. The molecule has 0 N–H and O–H groups in total. The zero-order valence-corrected chi connectivity index (χ0v) is 8.46. The Labute approximate surface area is 80.7 Å². The molecule has 1 nitrogen and oxygen atoms in total. The Bertz CT molecular complexity index is 259. The summed E-state index contributed by atoms with van der Waals surface area (Å²) in [4.78, 5) is 2.17. The monoisotopic (exact) mass is 175 g/mol. The number of nitrogens with zero attached hydrogens (tertiary/aromatic N) is 1. The molecular weight excluding hydrogens is 158 g/mol. The summed E-state index contributed by atoms with van der Waals surface area (Å²) in [6.07, 6.45) is 2.89. The number of hydrogen-bond donors (Lipinski definition) is 0. The van der Waals surface area contributed by atoms with Gasteiger partial charge in [0.15, 0.2) is 0 Å². The third kappa shape index (κ3) is 3.43. The Morgan fingerprint density at radius 3 is 2.15 bits per heavy atom. The molecule has 0 unspecified atom stereocenters.